The molecule has 0 aliphatic heterocycles. The van der Waals surface area contributed by atoms with Crippen LogP contribution < -0.4 is 15.8 Å². The number of benzene rings is 2. The van der Waals surface area contributed by atoms with Crippen molar-refractivity contribution in [3.05, 3.63) is 88.0 Å². The highest BCUT2D eigenvalue weighted by molar-refractivity contribution is 6.30. The van der Waals surface area contributed by atoms with Crippen LogP contribution in [0.1, 0.15) is 32.6 Å². The molecule has 5 aromatic rings. The van der Waals surface area contributed by atoms with Gasteiger partial charge < -0.3 is 15.8 Å². The van der Waals surface area contributed by atoms with E-state index in [0.717, 1.165) is 49.7 Å². The highest BCUT2D eigenvalue weighted by Gasteiger charge is 2.14. The van der Waals surface area contributed by atoms with E-state index in [9.17, 15) is 4.79 Å². The first-order chi connectivity index (χ1) is 17.3. The minimum atomic E-state index is -0.207. The number of amides is 1. The Morgan fingerprint density at radius 3 is 2.81 bits per heavy atom. The minimum Gasteiger partial charge on any atom is -0.497 e. The maximum absolute atomic E-state index is 12.9. The van der Waals surface area contributed by atoms with Gasteiger partial charge in [0.05, 0.1) is 30.9 Å². The summed E-state index contributed by atoms with van der Waals surface area (Å²) in [5, 5.41) is 10.6. The number of ether oxygens (including phenoxy) is 1. The van der Waals surface area contributed by atoms with Crippen molar-refractivity contribution in [2.45, 2.75) is 26.9 Å². The lowest BCUT2D eigenvalue weighted by molar-refractivity contribution is 0.0950. The highest BCUT2D eigenvalue weighted by Crippen LogP contribution is 2.28. The average Bonchev–Trinajstić information content (AvgIpc) is 3.33. The van der Waals surface area contributed by atoms with Crippen molar-refractivity contribution in [1.82, 2.24) is 25.1 Å². The number of anilines is 1. The van der Waals surface area contributed by atoms with Gasteiger partial charge in [0, 0.05) is 35.3 Å². The molecule has 0 bridgehead atoms. The standard InChI is InChI=1S/C27H25ClN6O2/c1-15-8-22-21(6-7-30-26(22)29)16(2)23(15)12-31-27(35)19-11-32-34(14-19)13-18-9-17-10-20(36-3)4-5-24(17)33-25(18)28/h4-11,14H,12-13H2,1-3H3,(H2,29,30)(H,31,35). The second-order valence-corrected chi connectivity index (χ2v) is 9.05. The smallest absolute Gasteiger partial charge is 0.254 e. The highest BCUT2D eigenvalue weighted by atomic mass is 35.5. The summed E-state index contributed by atoms with van der Waals surface area (Å²) in [6.45, 7) is 4.81. The number of carbonyl (C=O) groups excluding carboxylic acids is 1. The number of rotatable bonds is 6. The summed E-state index contributed by atoms with van der Waals surface area (Å²) in [6.07, 6.45) is 4.95. The monoisotopic (exact) mass is 500 g/mol. The van der Waals surface area contributed by atoms with Crippen molar-refractivity contribution < 1.29 is 9.53 Å². The normalized spacial score (nSPS) is 11.2. The summed E-state index contributed by atoms with van der Waals surface area (Å²) < 4.78 is 6.98. The van der Waals surface area contributed by atoms with E-state index >= 15 is 0 Å². The van der Waals surface area contributed by atoms with Gasteiger partial charge in [0.15, 0.2) is 0 Å². The molecule has 0 spiro atoms. The van der Waals surface area contributed by atoms with E-state index < -0.39 is 0 Å². The van der Waals surface area contributed by atoms with Gasteiger partial charge in [0.1, 0.15) is 16.7 Å². The summed E-state index contributed by atoms with van der Waals surface area (Å²) in [5.41, 5.74) is 11.3. The molecule has 5 rings (SSSR count). The maximum atomic E-state index is 12.9. The maximum Gasteiger partial charge on any atom is 0.254 e. The lowest BCUT2D eigenvalue weighted by Gasteiger charge is -2.14. The van der Waals surface area contributed by atoms with E-state index in [-0.39, 0.29) is 5.91 Å². The predicted molar refractivity (Wildman–Crippen MR) is 141 cm³/mol. The third kappa shape index (κ3) is 4.43. The first-order valence-corrected chi connectivity index (χ1v) is 11.8. The van der Waals surface area contributed by atoms with Gasteiger partial charge in [-0.15, -0.1) is 0 Å². The Labute approximate surface area is 213 Å². The van der Waals surface area contributed by atoms with Crippen LogP contribution in [0.3, 0.4) is 0 Å². The van der Waals surface area contributed by atoms with Crippen LogP contribution in [-0.4, -0.2) is 32.8 Å². The molecule has 3 aromatic heterocycles. The average molecular weight is 501 g/mol. The van der Waals surface area contributed by atoms with E-state index in [1.807, 2.05) is 50.2 Å². The van der Waals surface area contributed by atoms with Crippen molar-refractivity contribution in [3.63, 3.8) is 0 Å². The zero-order valence-electron chi connectivity index (χ0n) is 20.2. The number of hydrogen-bond donors (Lipinski definition) is 2. The fraction of sp³-hybridized carbons (Fsp3) is 0.185. The fourth-order valence-corrected chi connectivity index (χ4v) is 4.63. The van der Waals surface area contributed by atoms with Crippen molar-refractivity contribution in [2.24, 2.45) is 0 Å². The van der Waals surface area contributed by atoms with Crippen molar-refractivity contribution in [1.29, 1.82) is 0 Å². The number of methoxy groups -OCH3 is 1. The van der Waals surface area contributed by atoms with Gasteiger partial charge in [-0.3, -0.25) is 9.48 Å². The van der Waals surface area contributed by atoms with Gasteiger partial charge in [-0.2, -0.15) is 5.10 Å². The molecule has 1 amide bonds. The Kier molecular flexibility index (Phi) is 6.20. The number of halogens is 1. The largest absolute Gasteiger partial charge is 0.497 e. The van der Waals surface area contributed by atoms with Gasteiger partial charge >= 0.3 is 0 Å². The molecule has 3 heterocycles. The van der Waals surface area contributed by atoms with Gasteiger partial charge in [0.25, 0.3) is 5.91 Å². The van der Waals surface area contributed by atoms with Crippen LogP contribution in [0.4, 0.5) is 5.82 Å². The summed E-state index contributed by atoms with van der Waals surface area (Å²) in [4.78, 5) is 21.5. The summed E-state index contributed by atoms with van der Waals surface area (Å²) >= 11 is 6.42. The van der Waals surface area contributed by atoms with Gasteiger partial charge in [-0.1, -0.05) is 11.6 Å². The number of aryl methyl sites for hydroxylation is 2. The SMILES string of the molecule is COc1ccc2nc(Cl)c(Cn3cc(C(=O)NCc4c(C)cc5c(N)nccc5c4C)cn3)cc2c1. The lowest BCUT2D eigenvalue weighted by Crippen LogP contribution is -2.23. The molecule has 0 aliphatic carbocycles. The van der Waals surface area contributed by atoms with E-state index in [4.69, 9.17) is 22.1 Å². The topological polar surface area (TPSA) is 108 Å². The van der Waals surface area contributed by atoms with Crippen LogP contribution in [0.15, 0.2) is 55.0 Å². The third-order valence-corrected chi connectivity index (χ3v) is 6.74. The second-order valence-electron chi connectivity index (χ2n) is 8.69. The molecule has 0 saturated carbocycles. The zero-order valence-corrected chi connectivity index (χ0v) is 20.9. The molecular weight excluding hydrogens is 476 g/mol. The Morgan fingerprint density at radius 2 is 2.00 bits per heavy atom. The third-order valence-electron chi connectivity index (χ3n) is 6.42. The number of nitrogens with one attached hydrogen (secondary N) is 1. The Balaban J connectivity index is 1.32. The number of nitrogen functional groups attached to an aromatic ring is 1. The van der Waals surface area contributed by atoms with E-state index in [1.54, 1.807) is 30.4 Å². The van der Waals surface area contributed by atoms with Crippen LogP contribution in [0, 0.1) is 13.8 Å². The predicted octanol–water partition coefficient (Wildman–Crippen LogP) is 4.82. The molecule has 0 saturated heterocycles. The molecule has 0 unspecified atom stereocenters. The molecule has 36 heavy (non-hydrogen) atoms. The summed E-state index contributed by atoms with van der Waals surface area (Å²) in [5.74, 6) is 1.04. The zero-order chi connectivity index (χ0) is 25.4. The van der Waals surface area contributed by atoms with Crippen molar-refractivity contribution in [2.75, 3.05) is 12.8 Å². The molecule has 9 heteroatoms. The van der Waals surface area contributed by atoms with Gasteiger partial charge in [-0.05, 0) is 72.3 Å². The molecule has 0 atom stereocenters. The first kappa shape index (κ1) is 23.6. The number of fused-ring (bicyclic) bond motifs is 2. The number of nitrogens with two attached hydrogens (primary N) is 1. The number of carbonyl (C=O) groups is 1. The quantitative estimate of drug-likeness (QED) is 0.324. The van der Waals surface area contributed by atoms with E-state index in [0.29, 0.717) is 29.6 Å². The van der Waals surface area contributed by atoms with Gasteiger partial charge in [0.2, 0.25) is 0 Å². The van der Waals surface area contributed by atoms with Crippen LogP contribution in [0.2, 0.25) is 5.15 Å². The summed E-state index contributed by atoms with van der Waals surface area (Å²) in [6, 6.07) is 11.5. The molecule has 182 valence electrons. The van der Waals surface area contributed by atoms with E-state index in [2.05, 4.69) is 20.4 Å². The summed E-state index contributed by atoms with van der Waals surface area (Å²) in [7, 11) is 1.62. The molecule has 8 nitrogen and oxygen atoms in total. The molecule has 0 fully saturated rings. The second kappa shape index (κ2) is 9.47. The molecular formula is C27H25ClN6O2. The van der Waals surface area contributed by atoms with E-state index in [1.165, 1.54) is 0 Å². The fourth-order valence-electron chi connectivity index (χ4n) is 4.43. The number of nitrogens with zero attached hydrogens (tertiary/aromatic N) is 4. The molecule has 3 N–H and O–H groups in total. The van der Waals surface area contributed by atoms with Crippen molar-refractivity contribution in [3.8, 4) is 5.75 Å². The number of pyridine rings is 2. The number of aromatic nitrogens is 4. The van der Waals surface area contributed by atoms with Crippen LogP contribution in [0.5, 0.6) is 5.75 Å². The molecule has 0 radical (unpaired) electrons. The Bertz CT molecular complexity index is 1630. The van der Waals surface area contributed by atoms with Gasteiger partial charge in [-0.25, -0.2) is 9.97 Å². The number of hydrogen-bond acceptors (Lipinski definition) is 6. The Hall–Kier alpha value is -4.17. The van der Waals surface area contributed by atoms with Crippen LogP contribution in [-0.2, 0) is 13.1 Å². The van der Waals surface area contributed by atoms with Crippen molar-refractivity contribution >= 4 is 45.0 Å². The Morgan fingerprint density at radius 1 is 1.17 bits per heavy atom. The molecule has 0 aliphatic rings. The van der Waals surface area contributed by atoms with Crippen LogP contribution >= 0.6 is 11.6 Å². The first-order valence-electron chi connectivity index (χ1n) is 11.4. The molecule has 2 aromatic carbocycles. The lowest BCUT2D eigenvalue weighted by atomic mass is 9.96. The minimum absolute atomic E-state index is 0.207. The van der Waals surface area contributed by atoms with Crippen LogP contribution in [0.25, 0.3) is 21.7 Å².